The fourth-order valence-electron chi connectivity index (χ4n) is 2.31. The van der Waals surface area contributed by atoms with Gasteiger partial charge >= 0.3 is 12.2 Å². The van der Waals surface area contributed by atoms with Crippen molar-refractivity contribution in [1.29, 1.82) is 0 Å². The summed E-state index contributed by atoms with van der Waals surface area (Å²) in [5, 5.41) is 14.4. The summed E-state index contributed by atoms with van der Waals surface area (Å²) in [4.78, 5) is 22.9. The second-order valence-electron chi connectivity index (χ2n) is 5.49. The van der Waals surface area contributed by atoms with Gasteiger partial charge in [0.1, 0.15) is 5.82 Å². The minimum atomic E-state index is -4.65. The van der Waals surface area contributed by atoms with Gasteiger partial charge in [-0.15, -0.1) is 0 Å². The lowest BCUT2D eigenvalue weighted by Gasteiger charge is -2.18. The zero-order chi connectivity index (χ0) is 20.2. The van der Waals surface area contributed by atoms with Crippen LogP contribution in [0.25, 0.3) is 0 Å². The molecule has 0 heterocycles. The van der Waals surface area contributed by atoms with Gasteiger partial charge in [0.05, 0.1) is 17.2 Å². The average Bonchev–Trinajstić information content (AvgIpc) is 2.60. The highest BCUT2D eigenvalue weighted by Gasteiger charge is 2.34. The number of anilines is 1. The monoisotopic (exact) mass is 385 g/mol. The number of primary amides is 1. The molecule has 5 N–H and O–H groups in total. The van der Waals surface area contributed by atoms with Gasteiger partial charge in [-0.3, -0.25) is 4.79 Å². The van der Waals surface area contributed by atoms with Crippen LogP contribution in [0.3, 0.4) is 0 Å². The smallest absolute Gasteiger partial charge is 0.387 e. The molecular weight excluding hydrogens is 370 g/mol. The number of carbonyl (C=O) groups is 2. The molecule has 0 aliphatic carbocycles. The molecule has 144 valence electrons. The molecule has 6 nitrogen and oxygen atoms in total. The molecular formula is C17H15F4N3O3. The molecule has 0 saturated heterocycles. The summed E-state index contributed by atoms with van der Waals surface area (Å²) in [6, 6.07) is 6.66. The van der Waals surface area contributed by atoms with Crippen LogP contribution in [0, 0.1) is 5.82 Å². The Morgan fingerprint density at radius 2 is 1.81 bits per heavy atom. The van der Waals surface area contributed by atoms with E-state index in [1.54, 1.807) is 0 Å². The first-order valence-corrected chi connectivity index (χ1v) is 7.58. The molecule has 0 aliphatic heterocycles. The van der Waals surface area contributed by atoms with Crippen LogP contribution in [0.5, 0.6) is 0 Å². The third kappa shape index (κ3) is 5.17. The quantitative estimate of drug-likeness (QED) is 0.595. The number of aliphatic hydroxyl groups is 1. The fraction of sp³-hybridized carbons (Fsp3) is 0.176. The number of hydrogen-bond acceptors (Lipinski definition) is 3. The number of carbonyl (C=O) groups excluding carboxylic acids is 2. The Labute approximate surface area is 151 Å². The minimum absolute atomic E-state index is 0.0351. The predicted octanol–water partition coefficient (Wildman–Crippen LogP) is 2.80. The van der Waals surface area contributed by atoms with Crippen molar-refractivity contribution in [2.45, 2.75) is 12.3 Å². The first-order chi connectivity index (χ1) is 12.6. The number of urea groups is 1. The van der Waals surface area contributed by atoms with E-state index < -0.39 is 47.7 Å². The lowest BCUT2D eigenvalue weighted by atomic mass is 10.0. The Kier molecular flexibility index (Phi) is 6.01. The summed E-state index contributed by atoms with van der Waals surface area (Å²) in [5.41, 5.74) is 3.20. The Morgan fingerprint density at radius 1 is 1.15 bits per heavy atom. The van der Waals surface area contributed by atoms with Crippen LogP contribution in [0.1, 0.15) is 27.6 Å². The number of nitrogens with two attached hydrogens (primary N) is 1. The summed E-state index contributed by atoms with van der Waals surface area (Å²) in [7, 11) is 0. The van der Waals surface area contributed by atoms with Crippen LogP contribution in [0.15, 0.2) is 42.5 Å². The average molecular weight is 385 g/mol. The number of halogens is 4. The van der Waals surface area contributed by atoms with Crippen LogP contribution in [0.2, 0.25) is 0 Å². The van der Waals surface area contributed by atoms with E-state index in [4.69, 9.17) is 5.73 Å². The van der Waals surface area contributed by atoms with Gasteiger partial charge in [-0.25, -0.2) is 9.18 Å². The summed E-state index contributed by atoms with van der Waals surface area (Å²) < 4.78 is 52.2. The van der Waals surface area contributed by atoms with E-state index in [1.165, 1.54) is 12.1 Å². The summed E-state index contributed by atoms with van der Waals surface area (Å²) >= 11 is 0. The Hall–Kier alpha value is -3.14. The van der Waals surface area contributed by atoms with Crippen molar-refractivity contribution in [2.24, 2.45) is 5.73 Å². The fourth-order valence-corrected chi connectivity index (χ4v) is 2.31. The van der Waals surface area contributed by atoms with Crippen molar-refractivity contribution in [3.8, 4) is 0 Å². The first kappa shape index (κ1) is 20.2. The summed E-state index contributed by atoms with van der Waals surface area (Å²) in [5.74, 6) is -1.90. The molecule has 10 heteroatoms. The van der Waals surface area contributed by atoms with E-state index in [0.717, 1.165) is 30.3 Å². The highest BCUT2D eigenvalue weighted by Crippen LogP contribution is 2.34. The van der Waals surface area contributed by atoms with Gasteiger partial charge in [0.2, 0.25) is 0 Å². The number of hydrogen-bond donors (Lipinski definition) is 4. The van der Waals surface area contributed by atoms with E-state index in [9.17, 15) is 32.3 Å². The Morgan fingerprint density at radius 3 is 2.44 bits per heavy atom. The maximum Gasteiger partial charge on any atom is 0.416 e. The van der Waals surface area contributed by atoms with E-state index >= 15 is 0 Å². The molecule has 3 amide bonds. The topological polar surface area (TPSA) is 104 Å². The molecule has 0 aliphatic rings. The van der Waals surface area contributed by atoms with Gasteiger partial charge in [-0.05, 0) is 29.8 Å². The van der Waals surface area contributed by atoms with Crippen LogP contribution in [0.4, 0.5) is 28.0 Å². The number of aliphatic hydroxyl groups excluding tert-OH is 1. The number of benzene rings is 2. The molecule has 0 fully saturated rings. The van der Waals surface area contributed by atoms with E-state index in [0.29, 0.717) is 0 Å². The van der Waals surface area contributed by atoms with Crippen LogP contribution in [-0.4, -0.2) is 23.6 Å². The van der Waals surface area contributed by atoms with Crippen molar-refractivity contribution in [2.75, 3.05) is 11.9 Å². The summed E-state index contributed by atoms with van der Waals surface area (Å²) in [6.07, 6.45) is -6.26. The van der Waals surface area contributed by atoms with Crippen molar-refractivity contribution >= 4 is 17.6 Å². The lowest BCUT2D eigenvalue weighted by Crippen LogP contribution is -2.33. The van der Waals surface area contributed by atoms with Gasteiger partial charge in [0, 0.05) is 12.2 Å². The number of rotatable bonds is 5. The van der Waals surface area contributed by atoms with Gasteiger partial charge in [-0.2, -0.15) is 13.2 Å². The van der Waals surface area contributed by atoms with Gasteiger partial charge in [0.25, 0.3) is 5.91 Å². The molecule has 0 unspecified atom stereocenters. The number of amides is 3. The Bertz CT molecular complexity index is 856. The largest absolute Gasteiger partial charge is 0.416 e. The van der Waals surface area contributed by atoms with E-state index in [1.807, 2.05) is 0 Å². The highest BCUT2D eigenvalue weighted by atomic mass is 19.4. The van der Waals surface area contributed by atoms with Crippen molar-refractivity contribution in [3.05, 3.63) is 65.0 Å². The molecule has 0 aromatic heterocycles. The standard InChI is InChI=1S/C17H15F4N3O3/c18-13-6-5-9(7-11(13)15(22)26)24-16(27)23-8-14(25)10-3-1-2-4-12(10)17(19,20)21/h1-7,14,25H,8H2,(H2,22,26)(H2,23,24,27)/t14-/m1/s1. The third-order valence-corrected chi connectivity index (χ3v) is 3.57. The first-order valence-electron chi connectivity index (χ1n) is 7.58. The molecule has 1 atom stereocenters. The van der Waals surface area contributed by atoms with Crippen molar-refractivity contribution in [1.82, 2.24) is 5.32 Å². The maximum atomic E-state index is 13.4. The third-order valence-electron chi connectivity index (χ3n) is 3.57. The van der Waals surface area contributed by atoms with Gasteiger partial charge in [-0.1, -0.05) is 18.2 Å². The molecule has 2 rings (SSSR count). The van der Waals surface area contributed by atoms with Gasteiger partial charge in [0.15, 0.2) is 0 Å². The lowest BCUT2D eigenvalue weighted by molar-refractivity contribution is -0.139. The van der Waals surface area contributed by atoms with Crippen LogP contribution in [-0.2, 0) is 6.18 Å². The SMILES string of the molecule is NC(=O)c1cc(NC(=O)NC[C@@H](O)c2ccccc2C(F)(F)F)ccc1F. The molecule has 2 aromatic rings. The molecule has 0 saturated carbocycles. The molecule has 0 bridgehead atoms. The van der Waals surface area contributed by atoms with E-state index in [-0.39, 0.29) is 11.3 Å². The maximum absolute atomic E-state index is 13.4. The highest BCUT2D eigenvalue weighted by molar-refractivity contribution is 5.96. The second kappa shape index (κ2) is 8.04. The molecule has 0 radical (unpaired) electrons. The Balaban J connectivity index is 2.02. The molecule has 0 spiro atoms. The van der Waals surface area contributed by atoms with Crippen LogP contribution >= 0.6 is 0 Å². The zero-order valence-corrected chi connectivity index (χ0v) is 13.7. The van der Waals surface area contributed by atoms with Gasteiger partial charge < -0.3 is 21.5 Å². The molecule has 2 aromatic carbocycles. The zero-order valence-electron chi connectivity index (χ0n) is 13.7. The van der Waals surface area contributed by atoms with Crippen molar-refractivity contribution < 1.29 is 32.3 Å². The second-order valence-corrected chi connectivity index (χ2v) is 5.49. The van der Waals surface area contributed by atoms with Crippen molar-refractivity contribution in [3.63, 3.8) is 0 Å². The van der Waals surface area contributed by atoms with Crippen LogP contribution < -0.4 is 16.4 Å². The minimum Gasteiger partial charge on any atom is -0.387 e. The number of nitrogens with one attached hydrogen (secondary N) is 2. The molecule has 27 heavy (non-hydrogen) atoms. The normalized spacial score (nSPS) is 12.3. The summed E-state index contributed by atoms with van der Waals surface area (Å²) in [6.45, 7) is -0.511. The predicted molar refractivity (Wildman–Crippen MR) is 88.3 cm³/mol. The van der Waals surface area contributed by atoms with E-state index in [2.05, 4.69) is 10.6 Å². The number of alkyl halides is 3.